The number of benzene rings is 3. The molecule has 1 aromatic heterocycles. The predicted octanol–water partition coefficient (Wildman–Crippen LogP) is 7.64. The lowest BCUT2D eigenvalue weighted by Crippen LogP contribution is -2.34. The van der Waals surface area contributed by atoms with E-state index < -0.39 is 0 Å². The van der Waals surface area contributed by atoms with Crippen LogP contribution in [-0.4, -0.2) is 11.0 Å². The molecule has 0 atom stereocenters. The fourth-order valence-corrected chi connectivity index (χ4v) is 5.32. The monoisotopic (exact) mass is 467 g/mol. The number of phenolic OH excluding ortho intramolecular Hbond substituents is 1. The maximum atomic E-state index is 13.0. The van der Waals surface area contributed by atoms with Crippen molar-refractivity contribution in [2.24, 2.45) is 0 Å². The number of carbonyl (C=O) groups excluding carboxylic acids is 1. The Labute approximate surface area is 207 Å². The van der Waals surface area contributed by atoms with Gasteiger partial charge in [0.1, 0.15) is 11.5 Å². The van der Waals surface area contributed by atoms with Crippen LogP contribution in [0.1, 0.15) is 79.1 Å². The summed E-state index contributed by atoms with van der Waals surface area (Å²) in [5, 5.41) is 14.5. The Hall–Kier alpha value is -3.53. The van der Waals surface area contributed by atoms with Crippen molar-refractivity contribution in [2.75, 3.05) is 5.32 Å². The zero-order chi connectivity index (χ0) is 25.0. The zero-order valence-corrected chi connectivity index (χ0v) is 21.2. The third-order valence-electron chi connectivity index (χ3n) is 7.71. The second-order valence-electron chi connectivity index (χ2n) is 11.2. The molecule has 3 aromatic carbocycles. The van der Waals surface area contributed by atoms with Crippen LogP contribution in [0.15, 0.2) is 65.1 Å². The van der Waals surface area contributed by atoms with Crippen LogP contribution < -0.4 is 5.32 Å². The van der Waals surface area contributed by atoms with Gasteiger partial charge < -0.3 is 14.8 Å². The number of carbonyl (C=O) groups is 1. The fraction of sp³-hybridized carbons (Fsp3) is 0.323. The molecule has 180 valence electrons. The number of hydrogen-bond donors (Lipinski definition) is 2. The number of rotatable bonds is 4. The standard InChI is InChI=1S/C31H33NO3/c1-19-16-24-25(31(4,5)15-14-30(24,2)3)18-20(19)17-21-10-13-28(35-21)29(34)32-26-11-12-27(33)23-9-7-6-8-22(23)26/h6-13,16,18,33H,14-15,17H2,1-5H3,(H,32,34). The van der Waals surface area contributed by atoms with Gasteiger partial charge in [-0.15, -0.1) is 0 Å². The summed E-state index contributed by atoms with van der Waals surface area (Å²) in [6.45, 7) is 11.5. The number of aromatic hydroxyl groups is 1. The normalized spacial score (nSPS) is 16.1. The lowest BCUT2D eigenvalue weighted by atomic mass is 9.62. The number of hydrogen-bond acceptors (Lipinski definition) is 3. The summed E-state index contributed by atoms with van der Waals surface area (Å²) in [5.41, 5.74) is 6.34. The molecule has 0 saturated heterocycles. The molecular weight excluding hydrogens is 434 g/mol. The molecule has 0 saturated carbocycles. The van der Waals surface area contributed by atoms with E-state index in [9.17, 15) is 9.90 Å². The van der Waals surface area contributed by atoms with E-state index in [0.717, 1.165) is 11.1 Å². The Balaban J connectivity index is 1.39. The van der Waals surface area contributed by atoms with E-state index >= 15 is 0 Å². The minimum absolute atomic E-state index is 0.147. The second-order valence-corrected chi connectivity index (χ2v) is 11.2. The van der Waals surface area contributed by atoms with E-state index in [1.165, 1.54) is 35.1 Å². The number of anilines is 1. The first-order valence-corrected chi connectivity index (χ1v) is 12.3. The highest BCUT2D eigenvalue weighted by Gasteiger charge is 2.37. The minimum Gasteiger partial charge on any atom is -0.507 e. The van der Waals surface area contributed by atoms with Crippen LogP contribution in [0.3, 0.4) is 0 Å². The van der Waals surface area contributed by atoms with Gasteiger partial charge in [-0.05, 0) is 77.1 Å². The number of amides is 1. The minimum atomic E-state index is -0.308. The lowest BCUT2D eigenvalue weighted by molar-refractivity contribution is 0.0995. The molecule has 5 rings (SSSR count). The van der Waals surface area contributed by atoms with Crippen molar-refractivity contribution in [3.8, 4) is 5.75 Å². The molecule has 1 aliphatic carbocycles. The molecule has 0 fully saturated rings. The van der Waals surface area contributed by atoms with Gasteiger partial charge in [-0.1, -0.05) is 64.1 Å². The summed E-state index contributed by atoms with van der Waals surface area (Å²) in [4.78, 5) is 13.0. The molecule has 1 aliphatic rings. The Morgan fingerprint density at radius 2 is 1.57 bits per heavy atom. The van der Waals surface area contributed by atoms with Crippen molar-refractivity contribution in [3.63, 3.8) is 0 Å². The van der Waals surface area contributed by atoms with E-state index in [1.54, 1.807) is 18.2 Å². The molecular formula is C31H33NO3. The van der Waals surface area contributed by atoms with Gasteiger partial charge in [-0.3, -0.25) is 4.79 Å². The number of furan rings is 1. The molecule has 4 aromatic rings. The zero-order valence-electron chi connectivity index (χ0n) is 21.2. The molecule has 4 nitrogen and oxygen atoms in total. The second kappa shape index (κ2) is 8.30. The van der Waals surface area contributed by atoms with Gasteiger partial charge in [0.15, 0.2) is 5.76 Å². The molecule has 1 heterocycles. The predicted molar refractivity (Wildman–Crippen MR) is 142 cm³/mol. The van der Waals surface area contributed by atoms with Crippen LogP contribution in [0.25, 0.3) is 10.8 Å². The van der Waals surface area contributed by atoms with Gasteiger partial charge in [-0.25, -0.2) is 0 Å². The Morgan fingerprint density at radius 3 is 2.29 bits per heavy atom. The van der Waals surface area contributed by atoms with Crippen molar-refractivity contribution in [3.05, 3.63) is 94.4 Å². The van der Waals surface area contributed by atoms with E-state index in [0.29, 0.717) is 17.5 Å². The van der Waals surface area contributed by atoms with Gasteiger partial charge in [0.25, 0.3) is 5.91 Å². The van der Waals surface area contributed by atoms with Crippen LogP contribution in [0.4, 0.5) is 5.69 Å². The fourth-order valence-electron chi connectivity index (χ4n) is 5.32. The van der Waals surface area contributed by atoms with E-state index in [2.05, 4.69) is 52.1 Å². The SMILES string of the molecule is Cc1cc2c(cc1Cc1ccc(C(=O)Nc3ccc(O)c4ccccc34)o1)C(C)(C)CCC2(C)C. The first kappa shape index (κ1) is 23.2. The van der Waals surface area contributed by atoms with E-state index in [4.69, 9.17) is 4.42 Å². The maximum absolute atomic E-state index is 13.0. The summed E-state index contributed by atoms with van der Waals surface area (Å²) in [6.07, 6.45) is 3.01. The third kappa shape index (κ3) is 4.22. The number of aryl methyl sites for hydroxylation is 1. The molecule has 2 N–H and O–H groups in total. The quantitative estimate of drug-likeness (QED) is 0.303. The Morgan fingerprint density at radius 1 is 0.914 bits per heavy atom. The van der Waals surface area contributed by atoms with Crippen molar-refractivity contribution >= 4 is 22.4 Å². The average molecular weight is 468 g/mol. The van der Waals surface area contributed by atoms with Crippen LogP contribution in [0.5, 0.6) is 5.75 Å². The highest BCUT2D eigenvalue weighted by molar-refractivity contribution is 6.08. The highest BCUT2D eigenvalue weighted by Crippen LogP contribution is 2.46. The highest BCUT2D eigenvalue weighted by atomic mass is 16.3. The summed E-state index contributed by atoms with van der Waals surface area (Å²) in [5.74, 6) is 0.916. The smallest absolute Gasteiger partial charge is 0.291 e. The van der Waals surface area contributed by atoms with Crippen molar-refractivity contribution in [1.82, 2.24) is 0 Å². The van der Waals surface area contributed by atoms with Gasteiger partial charge in [-0.2, -0.15) is 0 Å². The topological polar surface area (TPSA) is 62.5 Å². The maximum Gasteiger partial charge on any atom is 0.291 e. The lowest BCUT2D eigenvalue weighted by Gasteiger charge is -2.42. The summed E-state index contributed by atoms with van der Waals surface area (Å²) >= 11 is 0. The number of nitrogens with one attached hydrogen (secondary N) is 1. The van der Waals surface area contributed by atoms with Crippen LogP contribution in [0.2, 0.25) is 0 Å². The summed E-state index contributed by atoms with van der Waals surface area (Å²) in [7, 11) is 0. The van der Waals surface area contributed by atoms with E-state index in [-0.39, 0.29) is 28.2 Å². The molecule has 0 bridgehead atoms. The molecule has 0 radical (unpaired) electrons. The first-order chi connectivity index (χ1) is 16.5. The average Bonchev–Trinajstić information content (AvgIpc) is 3.29. The van der Waals surface area contributed by atoms with Gasteiger partial charge in [0.2, 0.25) is 0 Å². The Kier molecular flexibility index (Phi) is 5.51. The molecule has 0 unspecified atom stereocenters. The number of phenols is 1. The van der Waals surface area contributed by atoms with Crippen molar-refractivity contribution in [2.45, 2.75) is 64.7 Å². The first-order valence-electron chi connectivity index (χ1n) is 12.3. The van der Waals surface area contributed by atoms with Gasteiger partial charge in [0.05, 0.1) is 0 Å². The molecule has 4 heteroatoms. The molecule has 0 spiro atoms. The number of fused-ring (bicyclic) bond motifs is 2. The van der Waals surface area contributed by atoms with Gasteiger partial charge >= 0.3 is 0 Å². The Bertz CT molecular complexity index is 1440. The third-order valence-corrected chi connectivity index (χ3v) is 7.71. The van der Waals surface area contributed by atoms with Crippen LogP contribution >= 0.6 is 0 Å². The summed E-state index contributed by atoms with van der Waals surface area (Å²) in [6, 6.07) is 19.1. The van der Waals surface area contributed by atoms with Crippen LogP contribution in [0, 0.1) is 6.92 Å². The van der Waals surface area contributed by atoms with Crippen molar-refractivity contribution < 1.29 is 14.3 Å². The molecule has 35 heavy (non-hydrogen) atoms. The van der Waals surface area contributed by atoms with Crippen molar-refractivity contribution in [1.29, 1.82) is 0 Å². The molecule has 1 amide bonds. The van der Waals surface area contributed by atoms with Crippen LogP contribution in [-0.2, 0) is 17.3 Å². The van der Waals surface area contributed by atoms with Gasteiger partial charge in [0, 0.05) is 22.9 Å². The largest absolute Gasteiger partial charge is 0.507 e. The summed E-state index contributed by atoms with van der Waals surface area (Å²) < 4.78 is 5.99. The van der Waals surface area contributed by atoms with E-state index in [1.807, 2.05) is 30.3 Å². The molecule has 0 aliphatic heterocycles.